The average Bonchev–Trinajstić information content (AvgIpc) is 3.29. The number of rotatable bonds is 5. The molecular weight excluding hydrogens is 375 g/mol. The maximum absolute atomic E-state index is 12.5. The van der Waals surface area contributed by atoms with E-state index in [0.29, 0.717) is 12.1 Å². The Morgan fingerprint density at radius 3 is 2.29 bits per heavy atom. The first-order chi connectivity index (χ1) is 13.3. The van der Waals surface area contributed by atoms with Crippen molar-refractivity contribution in [1.29, 1.82) is 0 Å². The van der Waals surface area contributed by atoms with Crippen LogP contribution in [0.3, 0.4) is 0 Å². The molecule has 7 nitrogen and oxygen atoms in total. The lowest BCUT2D eigenvalue weighted by Crippen LogP contribution is -2.04. The monoisotopic (exact) mass is 395 g/mol. The molecule has 10 heteroatoms. The Bertz CT molecular complexity index is 879. The van der Waals surface area contributed by atoms with Crippen LogP contribution in [0.2, 0.25) is 0 Å². The lowest BCUT2D eigenvalue weighted by Gasteiger charge is -2.03. The number of halogens is 3. The van der Waals surface area contributed by atoms with E-state index in [2.05, 4.69) is 39.3 Å². The molecule has 0 unspecified atom stereocenters. The molecule has 0 aliphatic carbocycles. The second kappa shape index (κ2) is 9.16. The molecule has 0 atom stereocenters. The fraction of sp³-hybridized carbons (Fsp3) is 0.333. The number of aryl methyl sites for hydroxylation is 2. The summed E-state index contributed by atoms with van der Waals surface area (Å²) in [5.74, 6) is -1.43. The fourth-order valence-corrected chi connectivity index (χ4v) is 2.58. The Hall–Kier alpha value is -3.17. The van der Waals surface area contributed by atoms with E-state index in [1.165, 1.54) is 5.56 Å². The predicted molar refractivity (Wildman–Crippen MR) is 95.1 cm³/mol. The molecule has 0 aliphatic rings. The normalized spacial score (nSPS) is 11.0. The average molecular weight is 395 g/mol. The number of hydrogen-bond donors (Lipinski definition) is 1. The molecule has 2 heterocycles. The van der Waals surface area contributed by atoms with Crippen molar-refractivity contribution in [2.24, 2.45) is 5.73 Å². The van der Waals surface area contributed by atoms with Gasteiger partial charge < -0.3 is 10.3 Å². The zero-order valence-corrected chi connectivity index (χ0v) is 15.4. The van der Waals surface area contributed by atoms with Crippen molar-refractivity contribution in [3.63, 3.8) is 0 Å². The largest absolute Gasteiger partial charge is 0.471 e. The molecule has 2 aromatic heterocycles. The number of carbonyl (C=O) groups is 1. The Kier molecular flexibility index (Phi) is 6.91. The van der Waals surface area contributed by atoms with E-state index in [-0.39, 0.29) is 12.2 Å². The van der Waals surface area contributed by atoms with Crippen LogP contribution < -0.4 is 5.73 Å². The minimum Gasteiger partial charge on any atom is -0.372 e. The van der Waals surface area contributed by atoms with Gasteiger partial charge in [0.15, 0.2) is 0 Å². The van der Waals surface area contributed by atoms with Crippen molar-refractivity contribution in [2.45, 2.75) is 39.4 Å². The van der Waals surface area contributed by atoms with E-state index < -0.39 is 12.1 Å². The third-order valence-electron chi connectivity index (χ3n) is 3.87. The molecule has 0 spiro atoms. The number of benzene rings is 1. The van der Waals surface area contributed by atoms with Crippen molar-refractivity contribution in [3.05, 3.63) is 53.2 Å². The van der Waals surface area contributed by atoms with E-state index in [1.807, 2.05) is 23.0 Å². The topological polar surface area (TPSA) is 99.8 Å². The number of primary amides is 1. The lowest BCUT2D eigenvalue weighted by atomic mass is 10.1. The van der Waals surface area contributed by atoms with Crippen LogP contribution in [-0.4, -0.2) is 26.3 Å². The zero-order chi connectivity index (χ0) is 20.7. The Labute approximate surface area is 159 Å². The number of carbonyl (C=O) groups excluding carboxylic acids is 1. The second-order valence-corrected chi connectivity index (χ2v) is 5.76. The fourth-order valence-electron chi connectivity index (χ4n) is 2.58. The Morgan fingerprint density at radius 2 is 1.82 bits per heavy atom. The van der Waals surface area contributed by atoms with Crippen molar-refractivity contribution in [3.8, 4) is 11.4 Å². The van der Waals surface area contributed by atoms with Crippen LogP contribution in [0.4, 0.5) is 13.2 Å². The second-order valence-electron chi connectivity index (χ2n) is 5.76. The molecule has 28 heavy (non-hydrogen) atoms. The third kappa shape index (κ3) is 5.18. The molecule has 0 aliphatic heterocycles. The first-order valence-electron chi connectivity index (χ1n) is 8.53. The Balaban J connectivity index is 0.000000878. The standard InChI is InChI=1S/C17H17F3N4O.CH3NO/c1-3-12-10-24(22-14(12)4-2)9-11-5-7-13(8-6-11)15-21-16(25-23-15)17(18,19)20;2-1-3/h5-8,10H,3-4,9H2,1-2H3;1H,(H2,2,3). The number of amides is 1. The van der Waals surface area contributed by atoms with E-state index in [0.717, 1.165) is 24.1 Å². The zero-order valence-electron chi connectivity index (χ0n) is 15.4. The summed E-state index contributed by atoms with van der Waals surface area (Å²) in [4.78, 5) is 12.0. The van der Waals surface area contributed by atoms with Crippen LogP contribution in [0.25, 0.3) is 11.4 Å². The number of nitrogens with two attached hydrogens (primary N) is 1. The number of nitrogens with zero attached hydrogens (tertiary/aromatic N) is 4. The number of aromatic nitrogens is 4. The summed E-state index contributed by atoms with van der Waals surface area (Å²) < 4.78 is 43.7. The summed E-state index contributed by atoms with van der Waals surface area (Å²) in [5.41, 5.74) is 7.93. The van der Waals surface area contributed by atoms with Gasteiger partial charge >= 0.3 is 12.1 Å². The van der Waals surface area contributed by atoms with Crippen LogP contribution in [0.1, 0.15) is 36.6 Å². The summed E-state index contributed by atoms with van der Waals surface area (Å²) in [7, 11) is 0. The molecule has 0 radical (unpaired) electrons. The van der Waals surface area contributed by atoms with Crippen LogP contribution >= 0.6 is 0 Å². The smallest absolute Gasteiger partial charge is 0.372 e. The van der Waals surface area contributed by atoms with Crippen molar-refractivity contribution in [1.82, 2.24) is 19.9 Å². The van der Waals surface area contributed by atoms with E-state index >= 15 is 0 Å². The van der Waals surface area contributed by atoms with Gasteiger partial charge in [-0.15, -0.1) is 0 Å². The van der Waals surface area contributed by atoms with Crippen LogP contribution in [0.5, 0.6) is 0 Å². The maximum Gasteiger partial charge on any atom is 0.471 e. The highest BCUT2D eigenvalue weighted by Gasteiger charge is 2.38. The first-order valence-corrected chi connectivity index (χ1v) is 8.53. The van der Waals surface area contributed by atoms with E-state index in [9.17, 15) is 13.2 Å². The van der Waals surface area contributed by atoms with Crippen LogP contribution in [0.15, 0.2) is 35.0 Å². The first kappa shape index (κ1) is 21.1. The minimum absolute atomic E-state index is 0.0838. The van der Waals surface area contributed by atoms with Gasteiger partial charge in [0.05, 0.1) is 12.2 Å². The van der Waals surface area contributed by atoms with Gasteiger partial charge in [-0.25, -0.2) is 0 Å². The highest BCUT2D eigenvalue weighted by molar-refractivity contribution is 5.54. The molecular formula is C18H20F3N5O2. The SMILES string of the molecule is CCc1cn(Cc2ccc(-c3noc(C(F)(F)F)n3)cc2)nc1CC.NC=O. The molecule has 3 rings (SSSR count). The van der Waals surface area contributed by atoms with Crippen molar-refractivity contribution >= 4 is 6.41 Å². The molecule has 3 aromatic rings. The summed E-state index contributed by atoms with van der Waals surface area (Å²) >= 11 is 0. The van der Waals surface area contributed by atoms with Gasteiger partial charge in [0, 0.05) is 11.8 Å². The van der Waals surface area contributed by atoms with Crippen LogP contribution in [0, 0.1) is 0 Å². The Morgan fingerprint density at radius 1 is 1.18 bits per heavy atom. The van der Waals surface area contributed by atoms with Crippen molar-refractivity contribution < 1.29 is 22.5 Å². The minimum atomic E-state index is -4.64. The van der Waals surface area contributed by atoms with E-state index in [1.54, 1.807) is 12.1 Å². The number of alkyl halides is 3. The predicted octanol–water partition coefficient (Wildman–Crippen LogP) is 3.23. The van der Waals surface area contributed by atoms with Gasteiger partial charge in [-0.2, -0.15) is 23.3 Å². The molecule has 0 saturated carbocycles. The highest BCUT2D eigenvalue weighted by Crippen LogP contribution is 2.29. The molecule has 0 bridgehead atoms. The van der Waals surface area contributed by atoms with E-state index in [4.69, 9.17) is 4.79 Å². The third-order valence-corrected chi connectivity index (χ3v) is 3.87. The molecule has 1 amide bonds. The van der Waals surface area contributed by atoms with Crippen LogP contribution in [-0.2, 0) is 30.4 Å². The summed E-state index contributed by atoms with van der Waals surface area (Å²) in [5, 5.41) is 7.94. The van der Waals surface area contributed by atoms with Gasteiger partial charge in [0.1, 0.15) is 0 Å². The molecule has 150 valence electrons. The quantitative estimate of drug-likeness (QED) is 0.669. The van der Waals surface area contributed by atoms with Gasteiger partial charge in [0.2, 0.25) is 12.2 Å². The van der Waals surface area contributed by atoms with Gasteiger partial charge in [-0.05, 0) is 24.0 Å². The maximum atomic E-state index is 12.5. The summed E-state index contributed by atoms with van der Waals surface area (Å²) in [6, 6.07) is 6.98. The van der Waals surface area contributed by atoms with Gasteiger partial charge in [-0.1, -0.05) is 43.3 Å². The summed E-state index contributed by atoms with van der Waals surface area (Å²) in [6.45, 7) is 4.75. The number of hydrogen-bond acceptors (Lipinski definition) is 5. The summed E-state index contributed by atoms with van der Waals surface area (Å²) in [6.07, 6.45) is -0.545. The van der Waals surface area contributed by atoms with Crippen molar-refractivity contribution in [2.75, 3.05) is 0 Å². The highest BCUT2D eigenvalue weighted by atomic mass is 19.4. The molecule has 0 saturated heterocycles. The van der Waals surface area contributed by atoms with Gasteiger partial charge in [0.25, 0.3) is 0 Å². The molecule has 0 fully saturated rings. The molecule has 1 aromatic carbocycles. The van der Waals surface area contributed by atoms with Gasteiger partial charge in [-0.3, -0.25) is 9.48 Å². The molecule has 2 N–H and O–H groups in total. The lowest BCUT2D eigenvalue weighted by molar-refractivity contribution is -0.159.